The van der Waals surface area contributed by atoms with Crippen molar-refractivity contribution in [3.05, 3.63) is 64.7 Å². The lowest BCUT2D eigenvalue weighted by atomic mass is 9.96. The third kappa shape index (κ3) is 5.04. The van der Waals surface area contributed by atoms with Crippen molar-refractivity contribution in [2.45, 2.75) is 19.4 Å². The Bertz CT molecular complexity index is 819. The van der Waals surface area contributed by atoms with E-state index in [2.05, 4.69) is 5.32 Å². The molecule has 0 aliphatic carbocycles. The summed E-state index contributed by atoms with van der Waals surface area (Å²) in [6.07, 6.45) is 1.63. The van der Waals surface area contributed by atoms with Crippen molar-refractivity contribution in [2.75, 3.05) is 32.1 Å². The predicted molar refractivity (Wildman–Crippen MR) is 113 cm³/mol. The zero-order valence-electron chi connectivity index (χ0n) is 16.3. The Morgan fingerprint density at radius 1 is 1.11 bits per heavy atom. The van der Waals surface area contributed by atoms with E-state index >= 15 is 0 Å². The van der Waals surface area contributed by atoms with Crippen LogP contribution in [0.1, 0.15) is 28.8 Å². The molecule has 6 heteroatoms. The first-order chi connectivity index (χ1) is 13.4. The molecule has 1 saturated heterocycles. The normalized spacial score (nSPS) is 16.5. The van der Waals surface area contributed by atoms with Crippen LogP contribution in [0.2, 0.25) is 5.02 Å². The molecule has 1 N–H and O–H groups in total. The number of piperidine rings is 1. The highest BCUT2D eigenvalue weighted by atomic mass is 35.5. The standard InChI is InChI=1S/C22H26ClN3O2/c1-25(2)20-11-5-16(6-12-20)14-24-21(27)18-4-3-13-26(15-18)22(28)17-7-9-19(23)10-8-17/h5-12,18H,3-4,13-15H2,1-2H3,(H,24,27). The number of nitrogens with one attached hydrogen (secondary N) is 1. The summed E-state index contributed by atoms with van der Waals surface area (Å²) >= 11 is 5.90. The van der Waals surface area contributed by atoms with E-state index in [1.807, 2.05) is 43.3 Å². The largest absolute Gasteiger partial charge is 0.378 e. The van der Waals surface area contributed by atoms with Gasteiger partial charge in [0.25, 0.3) is 5.91 Å². The highest BCUT2D eigenvalue weighted by molar-refractivity contribution is 6.30. The number of hydrogen-bond acceptors (Lipinski definition) is 3. The number of hydrogen-bond donors (Lipinski definition) is 1. The summed E-state index contributed by atoms with van der Waals surface area (Å²) < 4.78 is 0. The fraction of sp³-hybridized carbons (Fsp3) is 0.364. The third-order valence-corrected chi connectivity index (χ3v) is 5.34. The zero-order chi connectivity index (χ0) is 20.1. The Balaban J connectivity index is 1.55. The summed E-state index contributed by atoms with van der Waals surface area (Å²) in [7, 11) is 3.99. The van der Waals surface area contributed by atoms with Crippen LogP contribution in [0.5, 0.6) is 0 Å². The minimum Gasteiger partial charge on any atom is -0.378 e. The summed E-state index contributed by atoms with van der Waals surface area (Å²) in [5.41, 5.74) is 2.79. The maximum Gasteiger partial charge on any atom is 0.253 e. The minimum atomic E-state index is -0.175. The molecule has 1 aliphatic rings. The number of carbonyl (C=O) groups excluding carboxylic acids is 2. The minimum absolute atomic E-state index is 0.00490. The van der Waals surface area contributed by atoms with Crippen LogP contribution in [0, 0.1) is 5.92 Å². The molecule has 2 aromatic rings. The molecule has 2 aromatic carbocycles. The van der Waals surface area contributed by atoms with Crippen molar-refractivity contribution in [2.24, 2.45) is 5.92 Å². The molecule has 1 atom stereocenters. The molecule has 2 amide bonds. The van der Waals surface area contributed by atoms with Crippen molar-refractivity contribution in [3.8, 4) is 0 Å². The molecule has 0 spiro atoms. The molecular formula is C22H26ClN3O2. The molecule has 1 heterocycles. The van der Waals surface area contributed by atoms with Crippen LogP contribution in [-0.2, 0) is 11.3 Å². The van der Waals surface area contributed by atoms with Crippen molar-refractivity contribution in [1.29, 1.82) is 0 Å². The van der Waals surface area contributed by atoms with E-state index < -0.39 is 0 Å². The molecule has 5 nitrogen and oxygen atoms in total. The third-order valence-electron chi connectivity index (χ3n) is 5.09. The molecule has 0 radical (unpaired) electrons. The van der Waals surface area contributed by atoms with E-state index in [-0.39, 0.29) is 17.7 Å². The Labute approximate surface area is 171 Å². The van der Waals surface area contributed by atoms with Gasteiger partial charge in [-0.25, -0.2) is 0 Å². The van der Waals surface area contributed by atoms with Crippen LogP contribution < -0.4 is 10.2 Å². The molecule has 1 aliphatic heterocycles. The summed E-state index contributed by atoms with van der Waals surface area (Å²) in [5, 5.41) is 3.62. The molecule has 0 aromatic heterocycles. The second-order valence-electron chi connectivity index (χ2n) is 7.38. The van der Waals surface area contributed by atoms with Crippen molar-refractivity contribution in [1.82, 2.24) is 10.2 Å². The van der Waals surface area contributed by atoms with Gasteiger partial charge in [0.2, 0.25) is 5.91 Å². The number of likely N-dealkylation sites (tertiary alicyclic amines) is 1. The fourth-order valence-corrected chi connectivity index (χ4v) is 3.52. The van der Waals surface area contributed by atoms with Crippen LogP contribution in [0.4, 0.5) is 5.69 Å². The van der Waals surface area contributed by atoms with Gasteiger partial charge in [-0.15, -0.1) is 0 Å². The van der Waals surface area contributed by atoms with E-state index in [0.717, 1.165) is 24.1 Å². The number of anilines is 1. The molecule has 3 rings (SSSR count). The molecule has 28 heavy (non-hydrogen) atoms. The molecule has 148 valence electrons. The van der Waals surface area contributed by atoms with E-state index in [0.29, 0.717) is 30.2 Å². The number of nitrogens with zero attached hydrogens (tertiary/aromatic N) is 2. The first-order valence-electron chi connectivity index (χ1n) is 9.53. The quantitative estimate of drug-likeness (QED) is 0.836. The lowest BCUT2D eigenvalue weighted by Crippen LogP contribution is -2.45. The Kier molecular flexibility index (Phi) is 6.57. The summed E-state index contributed by atoms with van der Waals surface area (Å²) in [6, 6.07) is 15.0. The van der Waals surface area contributed by atoms with Crippen LogP contribution >= 0.6 is 11.6 Å². The SMILES string of the molecule is CN(C)c1ccc(CNC(=O)C2CCCN(C(=O)c3ccc(Cl)cc3)C2)cc1. The number of rotatable bonds is 5. The summed E-state index contributed by atoms with van der Waals surface area (Å²) in [6.45, 7) is 1.62. The molecule has 1 unspecified atom stereocenters. The van der Waals surface area contributed by atoms with Gasteiger partial charge in [-0.1, -0.05) is 23.7 Å². The average molecular weight is 400 g/mol. The molecular weight excluding hydrogens is 374 g/mol. The van der Waals surface area contributed by atoms with Crippen molar-refractivity contribution >= 4 is 29.1 Å². The van der Waals surface area contributed by atoms with E-state index in [1.54, 1.807) is 29.2 Å². The van der Waals surface area contributed by atoms with Gasteiger partial charge in [0.1, 0.15) is 0 Å². The van der Waals surface area contributed by atoms with Gasteiger partial charge in [-0.2, -0.15) is 0 Å². The van der Waals surface area contributed by atoms with E-state index in [9.17, 15) is 9.59 Å². The maximum absolute atomic E-state index is 12.7. The van der Waals surface area contributed by atoms with Gasteiger partial charge < -0.3 is 15.1 Å². The van der Waals surface area contributed by atoms with Crippen LogP contribution in [-0.4, -0.2) is 43.9 Å². The zero-order valence-corrected chi connectivity index (χ0v) is 17.1. The highest BCUT2D eigenvalue weighted by Crippen LogP contribution is 2.20. The van der Waals surface area contributed by atoms with Crippen molar-refractivity contribution < 1.29 is 9.59 Å². The summed E-state index contributed by atoms with van der Waals surface area (Å²) in [4.78, 5) is 29.1. The maximum atomic E-state index is 12.7. The van der Waals surface area contributed by atoms with Crippen LogP contribution in [0.3, 0.4) is 0 Å². The van der Waals surface area contributed by atoms with Crippen LogP contribution in [0.25, 0.3) is 0 Å². The van der Waals surface area contributed by atoms with E-state index in [4.69, 9.17) is 11.6 Å². The number of benzene rings is 2. The van der Waals surface area contributed by atoms with Gasteiger partial charge >= 0.3 is 0 Å². The summed E-state index contributed by atoms with van der Waals surface area (Å²) in [5.74, 6) is -0.218. The predicted octanol–water partition coefficient (Wildman–Crippen LogP) is 3.57. The molecule has 0 saturated carbocycles. The van der Waals surface area contributed by atoms with Crippen LogP contribution in [0.15, 0.2) is 48.5 Å². The van der Waals surface area contributed by atoms with Gasteiger partial charge in [0.05, 0.1) is 5.92 Å². The number of halogens is 1. The second kappa shape index (κ2) is 9.11. The fourth-order valence-electron chi connectivity index (χ4n) is 3.40. The number of amides is 2. The Morgan fingerprint density at radius 3 is 2.43 bits per heavy atom. The highest BCUT2D eigenvalue weighted by Gasteiger charge is 2.28. The topological polar surface area (TPSA) is 52.7 Å². The lowest BCUT2D eigenvalue weighted by molar-refractivity contribution is -0.126. The van der Waals surface area contributed by atoms with Gasteiger partial charge in [0.15, 0.2) is 0 Å². The van der Waals surface area contributed by atoms with Gasteiger partial charge in [-0.05, 0) is 54.8 Å². The second-order valence-corrected chi connectivity index (χ2v) is 7.81. The smallest absolute Gasteiger partial charge is 0.253 e. The Hall–Kier alpha value is -2.53. The van der Waals surface area contributed by atoms with Crippen molar-refractivity contribution in [3.63, 3.8) is 0 Å². The lowest BCUT2D eigenvalue weighted by Gasteiger charge is -2.32. The Morgan fingerprint density at radius 2 is 1.79 bits per heavy atom. The molecule has 0 bridgehead atoms. The van der Waals surface area contributed by atoms with E-state index in [1.165, 1.54) is 0 Å². The number of carbonyl (C=O) groups is 2. The monoisotopic (exact) mass is 399 g/mol. The first-order valence-corrected chi connectivity index (χ1v) is 9.90. The molecule has 1 fully saturated rings. The van der Waals surface area contributed by atoms with Gasteiger partial charge in [0, 0.05) is 50.0 Å². The van der Waals surface area contributed by atoms with Gasteiger partial charge in [-0.3, -0.25) is 9.59 Å². The average Bonchev–Trinajstić information content (AvgIpc) is 2.72. The first kappa shape index (κ1) is 20.2.